The van der Waals surface area contributed by atoms with E-state index in [0.717, 1.165) is 16.7 Å². The van der Waals surface area contributed by atoms with Crippen LogP contribution in [0.3, 0.4) is 0 Å². The summed E-state index contributed by atoms with van der Waals surface area (Å²) >= 11 is 0. The number of benzene rings is 4. The van der Waals surface area contributed by atoms with Crippen LogP contribution in [-0.2, 0) is 64.9 Å². The molecule has 4 N–H and O–H groups in total. The summed E-state index contributed by atoms with van der Waals surface area (Å²) in [5.74, 6) is -3.19. The molecule has 0 saturated carbocycles. The van der Waals surface area contributed by atoms with Crippen molar-refractivity contribution in [1.29, 1.82) is 0 Å². The molecule has 0 spiro atoms. The van der Waals surface area contributed by atoms with Crippen molar-refractivity contribution >= 4 is 23.7 Å². The Morgan fingerprint density at radius 2 is 0.859 bits per heavy atom. The standard InChI is InChI=1S/C63H71N7O15/c1-79-36-33-68-28-23-51(55(61(68)76)83-41-46-13-7-4-8-14-46)58(73)64-26-31-67(32-27-65-59(74)52-24-29-69(34-37-80-2)62(77)56(52)84-42-47-15-9-5-10-16-47)40-49(39-45-19-21-50(22-20-45)82-44-54(71)72)66-60(75)53-25-30-70(35-38-81-3)63(78)57(53)85-43-48-17-11-6-12-18-48/h4-25,28-30,49H,26-27,31-44H2,1-3H3,(H,64,73)(H,65,74)(H,66,75)(H,71,72). The number of hydrogen-bond acceptors (Lipinski definition) is 15. The number of hydrogen-bond donors (Lipinski definition) is 4. The number of pyridine rings is 3. The van der Waals surface area contributed by atoms with E-state index < -0.39 is 53.0 Å². The van der Waals surface area contributed by atoms with Gasteiger partial charge in [0, 0.05) is 98.3 Å². The van der Waals surface area contributed by atoms with E-state index in [0.29, 0.717) is 11.3 Å². The van der Waals surface area contributed by atoms with Gasteiger partial charge in [0.2, 0.25) is 0 Å². The third kappa shape index (κ3) is 19.1. The SMILES string of the molecule is COCCn1ccc(C(=O)NCCN(CCNC(=O)c2ccn(CCOC)c(=O)c2OCc2ccccc2)CC(Cc2ccc(OCC(=O)O)cc2)NC(=O)c2ccn(CCOC)c(=O)c2OCc2ccccc2)c(OCc2ccccc2)c1=O. The van der Waals surface area contributed by atoms with E-state index in [1.807, 2.05) is 95.9 Å². The van der Waals surface area contributed by atoms with Crippen LogP contribution >= 0.6 is 0 Å². The van der Waals surface area contributed by atoms with Gasteiger partial charge in [0.05, 0.1) is 36.5 Å². The molecule has 0 fully saturated rings. The van der Waals surface area contributed by atoms with Gasteiger partial charge >= 0.3 is 5.97 Å². The van der Waals surface area contributed by atoms with E-state index in [-0.39, 0.29) is 132 Å². The summed E-state index contributed by atoms with van der Waals surface area (Å²) in [6, 6.07) is 38.0. The van der Waals surface area contributed by atoms with Crippen LogP contribution in [0.4, 0.5) is 0 Å². The van der Waals surface area contributed by atoms with E-state index >= 15 is 0 Å². The number of aromatic nitrogens is 3. The van der Waals surface area contributed by atoms with Crippen molar-refractivity contribution in [1.82, 2.24) is 34.6 Å². The number of nitrogens with one attached hydrogen (secondary N) is 3. The molecule has 0 saturated heterocycles. The normalized spacial score (nSPS) is 11.4. The van der Waals surface area contributed by atoms with Crippen molar-refractivity contribution < 1.29 is 57.4 Å². The fourth-order valence-corrected chi connectivity index (χ4v) is 8.93. The minimum Gasteiger partial charge on any atom is -0.482 e. The minimum absolute atomic E-state index is 0.00167. The Kier molecular flexibility index (Phi) is 24.6. The Labute approximate surface area is 491 Å². The first-order valence-electron chi connectivity index (χ1n) is 27.6. The average molecular weight is 1170 g/mol. The fraction of sp³-hybridized carbons (Fsp3) is 0.317. The lowest BCUT2D eigenvalue weighted by atomic mass is 10.0. The van der Waals surface area contributed by atoms with Crippen molar-refractivity contribution in [2.45, 2.75) is 51.9 Å². The van der Waals surface area contributed by atoms with Gasteiger partial charge < -0.3 is 67.9 Å². The topological polar surface area (TPSA) is 258 Å². The maximum atomic E-state index is 14.8. The maximum absolute atomic E-state index is 14.8. The highest BCUT2D eigenvalue weighted by atomic mass is 16.5. The second-order valence-corrected chi connectivity index (χ2v) is 19.5. The van der Waals surface area contributed by atoms with Gasteiger partial charge in [-0.15, -0.1) is 0 Å². The number of carboxylic acid groups (broad SMARTS) is 1. The van der Waals surface area contributed by atoms with Crippen LogP contribution in [0.15, 0.2) is 166 Å². The number of nitrogens with zero attached hydrogens (tertiary/aromatic N) is 4. The molecule has 1 unspecified atom stereocenters. The molecule has 22 heteroatoms. The third-order valence-corrected chi connectivity index (χ3v) is 13.4. The quantitative estimate of drug-likeness (QED) is 0.0416. The summed E-state index contributed by atoms with van der Waals surface area (Å²) < 4.78 is 43.6. The molecule has 0 aliphatic heterocycles. The molecule has 3 amide bonds. The molecule has 22 nitrogen and oxygen atoms in total. The minimum atomic E-state index is -1.15. The second kappa shape index (κ2) is 33.1. The number of carboxylic acids is 1. The van der Waals surface area contributed by atoms with Crippen LogP contribution in [0.25, 0.3) is 0 Å². The van der Waals surface area contributed by atoms with E-state index in [9.17, 15) is 38.7 Å². The lowest BCUT2D eigenvalue weighted by molar-refractivity contribution is -0.139. The van der Waals surface area contributed by atoms with Crippen molar-refractivity contribution in [3.8, 4) is 23.0 Å². The molecule has 3 heterocycles. The van der Waals surface area contributed by atoms with Crippen molar-refractivity contribution in [2.75, 3.05) is 80.5 Å². The lowest BCUT2D eigenvalue weighted by Crippen LogP contribution is -2.49. The molecular weight excluding hydrogens is 1090 g/mol. The van der Waals surface area contributed by atoms with Gasteiger partial charge in [-0.3, -0.25) is 33.7 Å². The van der Waals surface area contributed by atoms with Gasteiger partial charge in [-0.1, -0.05) is 103 Å². The van der Waals surface area contributed by atoms with Crippen molar-refractivity contribution in [3.63, 3.8) is 0 Å². The highest BCUT2D eigenvalue weighted by Gasteiger charge is 2.26. The van der Waals surface area contributed by atoms with Crippen molar-refractivity contribution in [2.24, 2.45) is 0 Å². The Hall–Kier alpha value is -9.35. The maximum Gasteiger partial charge on any atom is 0.341 e. The van der Waals surface area contributed by atoms with Gasteiger partial charge in [-0.25, -0.2) is 4.79 Å². The molecule has 448 valence electrons. The Bertz CT molecular complexity index is 3340. The summed E-state index contributed by atoms with van der Waals surface area (Å²) in [5, 5.41) is 18.2. The van der Waals surface area contributed by atoms with Crippen molar-refractivity contribution in [3.05, 3.63) is 222 Å². The monoisotopic (exact) mass is 1170 g/mol. The first-order valence-corrected chi connectivity index (χ1v) is 27.6. The predicted octanol–water partition coefficient (Wildman–Crippen LogP) is 4.81. The first kappa shape index (κ1) is 63.2. The molecule has 85 heavy (non-hydrogen) atoms. The number of ether oxygens (including phenoxy) is 7. The summed E-state index contributed by atoms with van der Waals surface area (Å²) in [4.78, 5) is 98.2. The lowest BCUT2D eigenvalue weighted by Gasteiger charge is -2.29. The Morgan fingerprint density at radius 3 is 1.22 bits per heavy atom. The molecule has 0 bridgehead atoms. The summed E-state index contributed by atoms with van der Waals surface area (Å²) in [6.07, 6.45) is 4.67. The number of methoxy groups -OCH3 is 3. The Morgan fingerprint density at radius 1 is 0.482 bits per heavy atom. The molecule has 0 aliphatic carbocycles. The number of aliphatic carboxylic acids is 1. The highest BCUT2D eigenvalue weighted by Crippen LogP contribution is 2.20. The van der Waals surface area contributed by atoms with E-state index in [2.05, 4.69) is 16.0 Å². The van der Waals surface area contributed by atoms with Crippen LogP contribution in [0.1, 0.15) is 53.3 Å². The third-order valence-electron chi connectivity index (χ3n) is 13.4. The first-order chi connectivity index (χ1) is 41.3. The molecule has 1 atom stereocenters. The predicted molar refractivity (Wildman–Crippen MR) is 316 cm³/mol. The molecule has 0 aliphatic rings. The van der Waals surface area contributed by atoms with Gasteiger partial charge in [-0.05, 0) is 59.0 Å². The average Bonchev–Trinajstić information content (AvgIpc) is 3.63. The summed E-state index contributed by atoms with van der Waals surface area (Å²) in [7, 11) is 4.54. The van der Waals surface area contributed by atoms with E-state index in [1.165, 1.54) is 71.8 Å². The van der Waals surface area contributed by atoms with Crippen LogP contribution in [0.2, 0.25) is 0 Å². The van der Waals surface area contributed by atoms with Crippen LogP contribution in [0.5, 0.6) is 23.0 Å². The Balaban J connectivity index is 1.19. The van der Waals surface area contributed by atoms with Gasteiger partial charge in [0.15, 0.2) is 23.9 Å². The van der Waals surface area contributed by atoms with Crippen LogP contribution < -0.4 is 51.6 Å². The number of carbonyl (C=O) groups is 4. The highest BCUT2D eigenvalue weighted by molar-refractivity contribution is 5.98. The van der Waals surface area contributed by atoms with E-state index in [1.54, 1.807) is 24.3 Å². The zero-order chi connectivity index (χ0) is 60.3. The van der Waals surface area contributed by atoms with E-state index in [4.69, 9.17) is 33.2 Å². The van der Waals surface area contributed by atoms with Crippen LogP contribution in [-0.4, -0.2) is 134 Å². The number of rotatable bonds is 35. The van der Waals surface area contributed by atoms with Crippen LogP contribution in [0, 0.1) is 0 Å². The van der Waals surface area contributed by atoms with Gasteiger partial charge in [-0.2, -0.15) is 0 Å². The molecule has 4 aromatic carbocycles. The largest absolute Gasteiger partial charge is 0.482 e. The summed E-state index contributed by atoms with van der Waals surface area (Å²) in [5.41, 5.74) is 1.37. The second-order valence-electron chi connectivity index (χ2n) is 19.5. The fourth-order valence-electron chi connectivity index (χ4n) is 8.93. The molecule has 3 aromatic heterocycles. The summed E-state index contributed by atoms with van der Waals surface area (Å²) in [6.45, 7) is 1.02. The van der Waals surface area contributed by atoms with Gasteiger partial charge in [0.1, 0.15) is 25.6 Å². The smallest absolute Gasteiger partial charge is 0.341 e. The molecule has 7 rings (SSSR count). The number of amides is 3. The zero-order valence-electron chi connectivity index (χ0n) is 47.8. The van der Waals surface area contributed by atoms with Gasteiger partial charge in [0.25, 0.3) is 34.4 Å². The molecule has 0 radical (unpaired) electrons. The number of carbonyl (C=O) groups excluding carboxylic acids is 3. The molecule has 7 aromatic rings. The zero-order valence-corrected chi connectivity index (χ0v) is 47.8. The molecular formula is C63H71N7O15.